The number of alkyl halides is 1. The zero-order valence-electron chi connectivity index (χ0n) is 7.38. The molecule has 0 aliphatic rings. The fourth-order valence-electron chi connectivity index (χ4n) is 1.14. The van der Waals surface area contributed by atoms with Crippen molar-refractivity contribution in [3.05, 3.63) is 29.3 Å². The molecular formula is C9H12FNO2. The van der Waals surface area contributed by atoms with Crippen molar-refractivity contribution in [2.45, 2.75) is 13.2 Å². The molecule has 0 amide bonds. The zero-order valence-corrected chi connectivity index (χ0v) is 7.38. The number of hydroxylamine groups is 1. The van der Waals surface area contributed by atoms with Gasteiger partial charge in [-0.15, -0.1) is 0 Å². The van der Waals surface area contributed by atoms with Crippen LogP contribution in [0.3, 0.4) is 0 Å². The Morgan fingerprint density at radius 2 is 2.31 bits per heavy atom. The fraction of sp³-hybridized carbons (Fsp3) is 0.333. The number of nitrogens with one attached hydrogen (secondary N) is 1. The van der Waals surface area contributed by atoms with Crippen molar-refractivity contribution in [2.24, 2.45) is 0 Å². The third-order valence-electron chi connectivity index (χ3n) is 1.77. The van der Waals surface area contributed by atoms with E-state index in [9.17, 15) is 4.39 Å². The van der Waals surface area contributed by atoms with Crippen molar-refractivity contribution in [2.75, 3.05) is 7.11 Å². The molecule has 0 heterocycles. The lowest BCUT2D eigenvalue weighted by atomic mass is 10.1. The first-order valence-corrected chi connectivity index (χ1v) is 3.90. The molecule has 1 aromatic rings. The van der Waals surface area contributed by atoms with Crippen molar-refractivity contribution in [1.29, 1.82) is 0 Å². The Bertz CT molecular complexity index is 278. The molecule has 4 heteroatoms. The van der Waals surface area contributed by atoms with Gasteiger partial charge < -0.3 is 9.94 Å². The minimum Gasteiger partial charge on any atom is -0.496 e. The highest BCUT2D eigenvalue weighted by atomic mass is 19.1. The summed E-state index contributed by atoms with van der Waals surface area (Å²) < 4.78 is 17.4. The molecule has 0 radical (unpaired) electrons. The van der Waals surface area contributed by atoms with Crippen LogP contribution in [0, 0.1) is 0 Å². The summed E-state index contributed by atoms with van der Waals surface area (Å²) >= 11 is 0. The van der Waals surface area contributed by atoms with Crippen LogP contribution in [0.1, 0.15) is 11.1 Å². The number of hydrogen-bond donors (Lipinski definition) is 2. The first-order chi connectivity index (χ1) is 6.31. The summed E-state index contributed by atoms with van der Waals surface area (Å²) in [5.41, 5.74) is 3.32. The molecule has 0 saturated heterocycles. The number of methoxy groups -OCH3 is 1. The van der Waals surface area contributed by atoms with Crippen LogP contribution < -0.4 is 10.2 Å². The molecular weight excluding hydrogens is 173 g/mol. The highest BCUT2D eigenvalue weighted by molar-refractivity contribution is 5.36. The molecule has 1 rings (SSSR count). The van der Waals surface area contributed by atoms with Gasteiger partial charge >= 0.3 is 0 Å². The highest BCUT2D eigenvalue weighted by Gasteiger charge is 2.03. The Morgan fingerprint density at radius 1 is 1.54 bits per heavy atom. The van der Waals surface area contributed by atoms with E-state index in [4.69, 9.17) is 9.94 Å². The zero-order chi connectivity index (χ0) is 9.68. The lowest BCUT2D eigenvalue weighted by Gasteiger charge is -2.07. The second-order valence-corrected chi connectivity index (χ2v) is 2.61. The van der Waals surface area contributed by atoms with Crippen LogP contribution in [0.4, 0.5) is 4.39 Å². The van der Waals surface area contributed by atoms with Gasteiger partial charge in [-0.2, -0.15) is 0 Å². The van der Waals surface area contributed by atoms with Crippen molar-refractivity contribution in [3.63, 3.8) is 0 Å². The van der Waals surface area contributed by atoms with Gasteiger partial charge in [0.25, 0.3) is 0 Å². The molecule has 13 heavy (non-hydrogen) atoms. The molecule has 0 spiro atoms. The molecule has 3 nitrogen and oxygen atoms in total. The van der Waals surface area contributed by atoms with Crippen LogP contribution >= 0.6 is 0 Å². The molecule has 0 fully saturated rings. The molecule has 0 aromatic heterocycles. The molecule has 0 unspecified atom stereocenters. The van der Waals surface area contributed by atoms with E-state index in [0.29, 0.717) is 17.9 Å². The van der Waals surface area contributed by atoms with Gasteiger partial charge in [0.2, 0.25) is 0 Å². The molecule has 1 aromatic carbocycles. The average Bonchev–Trinajstić information content (AvgIpc) is 2.18. The van der Waals surface area contributed by atoms with Gasteiger partial charge in [0, 0.05) is 12.1 Å². The quantitative estimate of drug-likeness (QED) is 0.701. The lowest BCUT2D eigenvalue weighted by Crippen LogP contribution is -2.06. The molecule has 0 saturated carbocycles. The number of rotatable bonds is 4. The van der Waals surface area contributed by atoms with Gasteiger partial charge in [-0.25, -0.2) is 9.87 Å². The van der Waals surface area contributed by atoms with Gasteiger partial charge in [-0.3, -0.25) is 0 Å². The maximum absolute atomic E-state index is 12.4. The van der Waals surface area contributed by atoms with Gasteiger partial charge in [0.15, 0.2) is 0 Å². The number of halogens is 1. The van der Waals surface area contributed by atoms with Crippen LogP contribution in [0.15, 0.2) is 18.2 Å². The smallest absolute Gasteiger partial charge is 0.124 e. The second-order valence-electron chi connectivity index (χ2n) is 2.61. The maximum atomic E-state index is 12.4. The van der Waals surface area contributed by atoms with Gasteiger partial charge in [0.05, 0.1) is 7.11 Å². The van der Waals surface area contributed by atoms with Crippen LogP contribution in [0.25, 0.3) is 0 Å². The number of hydrogen-bond acceptors (Lipinski definition) is 3. The van der Waals surface area contributed by atoms with Gasteiger partial charge in [-0.1, -0.05) is 6.07 Å². The summed E-state index contributed by atoms with van der Waals surface area (Å²) in [6.07, 6.45) is 0. The molecule has 0 aliphatic carbocycles. The van der Waals surface area contributed by atoms with Crippen molar-refractivity contribution < 1.29 is 14.3 Å². The van der Waals surface area contributed by atoms with E-state index < -0.39 is 6.67 Å². The van der Waals surface area contributed by atoms with Crippen LogP contribution in [0.2, 0.25) is 0 Å². The van der Waals surface area contributed by atoms with E-state index in [1.165, 1.54) is 7.11 Å². The normalized spacial score (nSPS) is 10.1. The first-order valence-electron chi connectivity index (χ1n) is 3.90. The van der Waals surface area contributed by atoms with Crippen molar-refractivity contribution in [3.8, 4) is 5.75 Å². The van der Waals surface area contributed by atoms with E-state index in [0.717, 1.165) is 5.56 Å². The average molecular weight is 185 g/mol. The predicted octanol–water partition coefficient (Wildman–Crippen LogP) is 1.64. The Hall–Kier alpha value is -1.13. The Balaban J connectivity index is 2.91. The fourth-order valence-corrected chi connectivity index (χ4v) is 1.14. The predicted molar refractivity (Wildman–Crippen MR) is 46.4 cm³/mol. The molecule has 2 N–H and O–H groups in total. The number of ether oxygens (including phenoxy) is 1. The third kappa shape index (κ3) is 2.40. The van der Waals surface area contributed by atoms with E-state index in [-0.39, 0.29) is 0 Å². The summed E-state index contributed by atoms with van der Waals surface area (Å²) in [5.74, 6) is 0.532. The monoisotopic (exact) mass is 185 g/mol. The SMILES string of the molecule is COc1ccc(CNO)cc1CF. The highest BCUT2D eigenvalue weighted by Crippen LogP contribution is 2.20. The minimum absolute atomic E-state index is 0.303. The summed E-state index contributed by atoms with van der Waals surface area (Å²) in [7, 11) is 1.50. The van der Waals surface area contributed by atoms with E-state index >= 15 is 0 Å². The third-order valence-corrected chi connectivity index (χ3v) is 1.77. The van der Waals surface area contributed by atoms with E-state index in [2.05, 4.69) is 0 Å². The largest absolute Gasteiger partial charge is 0.496 e. The molecule has 0 aliphatic heterocycles. The van der Waals surface area contributed by atoms with E-state index in [1.54, 1.807) is 18.2 Å². The summed E-state index contributed by atoms with van der Waals surface area (Å²) in [5, 5.41) is 8.43. The number of benzene rings is 1. The topological polar surface area (TPSA) is 41.5 Å². The van der Waals surface area contributed by atoms with Crippen LogP contribution in [-0.2, 0) is 13.2 Å². The molecule has 0 bridgehead atoms. The van der Waals surface area contributed by atoms with Crippen molar-refractivity contribution >= 4 is 0 Å². The van der Waals surface area contributed by atoms with Crippen LogP contribution in [-0.4, -0.2) is 12.3 Å². The Kier molecular flexibility index (Phi) is 3.67. The summed E-state index contributed by atoms with van der Waals surface area (Å²) in [4.78, 5) is 0. The molecule has 72 valence electrons. The summed E-state index contributed by atoms with van der Waals surface area (Å²) in [6.45, 7) is -0.264. The van der Waals surface area contributed by atoms with Crippen molar-refractivity contribution in [1.82, 2.24) is 5.48 Å². The Morgan fingerprint density at radius 3 is 2.85 bits per heavy atom. The second kappa shape index (κ2) is 4.79. The van der Waals surface area contributed by atoms with Gasteiger partial charge in [-0.05, 0) is 17.7 Å². The standard InChI is InChI=1S/C9H12FNO2/c1-13-9-3-2-7(6-11-12)4-8(9)5-10/h2-4,11-12H,5-6H2,1H3. The van der Waals surface area contributed by atoms with E-state index in [1.807, 2.05) is 5.48 Å². The Labute approximate surface area is 76.1 Å². The maximum Gasteiger partial charge on any atom is 0.124 e. The summed E-state index contributed by atoms with van der Waals surface area (Å²) in [6, 6.07) is 5.10. The first kappa shape index (κ1) is 9.95. The minimum atomic E-state index is -0.567. The van der Waals surface area contributed by atoms with Gasteiger partial charge in [0.1, 0.15) is 12.4 Å². The molecule has 0 atom stereocenters. The van der Waals surface area contributed by atoms with Crippen LogP contribution in [0.5, 0.6) is 5.75 Å². The lowest BCUT2D eigenvalue weighted by molar-refractivity contribution is 0.161.